The van der Waals surface area contributed by atoms with Gasteiger partial charge in [0.05, 0.1) is 11.3 Å². The standard InChI is InChI=1S/C19H26F3N3O2/c20-19(21,22)13-6-7-17(27-15-8-10-23-11-9-15)16(12-13)25-18(26)24-14-4-2-1-3-5-14/h6-7,12,14-15,23H,1-5,8-11H2,(H2,24,25,26). The maximum Gasteiger partial charge on any atom is 0.416 e. The number of urea groups is 1. The maximum absolute atomic E-state index is 13.1. The summed E-state index contributed by atoms with van der Waals surface area (Å²) < 4.78 is 45.2. The Bertz CT molecular complexity index is 640. The summed E-state index contributed by atoms with van der Waals surface area (Å²) in [5.74, 6) is 0.272. The van der Waals surface area contributed by atoms with E-state index in [0.717, 1.165) is 70.2 Å². The van der Waals surface area contributed by atoms with Crippen molar-refractivity contribution < 1.29 is 22.7 Å². The summed E-state index contributed by atoms with van der Waals surface area (Å²) in [7, 11) is 0. The Morgan fingerprint density at radius 2 is 1.78 bits per heavy atom. The van der Waals surface area contributed by atoms with Crippen LogP contribution >= 0.6 is 0 Å². The van der Waals surface area contributed by atoms with Crippen LogP contribution in [0.25, 0.3) is 0 Å². The molecular formula is C19H26F3N3O2. The number of amides is 2. The lowest BCUT2D eigenvalue weighted by atomic mass is 9.96. The Balaban J connectivity index is 1.73. The molecule has 1 saturated carbocycles. The van der Waals surface area contributed by atoms with Crippen LogP contribution in [0.1, 0.15) is 50.5 Å². The summed E-state index contributed by atoms with van der Waals surface area (Å²) in [4.78, 5) is 12.3. The van der Waals surface area contributed by atoms with Crippen molar-refractivity contribution in [1.29, 1.82) is 0 Å². The molecule has 2 fully saturated rings. The highest BCUT2D eigenvalue weighted by molar-refractivity contribution is 5.91. The zero-order chi connectivity index (χ0) is 19.3. The molecule has 1 aliphatic carbocycles. The van der Waals surface area contributed by atoms with E-state index in [1.54, 1.807) is 0 Å². The molecule has 1 heterocycles. The van der Waals surface area contributed by atoms with E-state index in [4.69, 9.17) is 4.74 Å². The molecule has 0 aromatic heterocycles. The minimum absolute atomic E-state index is 0.0525. The van der Waals surface area contributed by atoms with E-state index < -0.39 is 17.8 Å². The van der Waals surface area contributed by atoms with Crippen LogP contribution in [0.4, 0.5) is 23.7 Å². The highest BCUT2D eigenvalue weighted by Gasteiger charge is 2.32. The van der Waals surface area contributed by atoms with Gasteiger partial charge >= 0.3 is 12.2 Å². The van der Waals surface area contributed by atoms with Crippen LogP contribution in [0.2, 0.25) is 0 Å². The lowest BCUT2D eigenvalue weighted by molar-refractivity contribution is -0.137. The fraction of sp³-hybridized carbons (Fsp3) is 0.632. The van der Waals surface area contributed by atoms with E-state index in [1.807, 2.05) is 0 Å². The van der Waals surface area contributed by atoms with Crippen LogP contribution in [0.15, 0.2) is 18.2 Å². The van der Waals surface area contributed by atoms with Gasteiger partial charge < -0.3 is 20.7 Å². The van der Waals surface area contributed by atoms with Crippen molar-refractivity contribution in [3.63, 3.8) is 0 Å². The fourth-order valence-corrected chi connectivity index (χ4v) is 3.59. The molecule has 0 radical (unpaired) electrons. The highest BCUT2D eigenvalue weighted by atomic mass is 19.4. The first kappa shape index (κ1) is 19.8. The smallest absolute Gasteiger partial charge is 0.416 e. The zero-order valence-electron chi connectivity index (χ0n) is 15.2. The second-order valence-corrected chi connectivity index (χ2v) is 7.21. The summed E-state index contributed by atoms with van der Waals surface area (Å²) in [6, 6.07) is 2.80. The molecule has 0 bridgehead atoms. The van der Waals surface area contributed by atoms with Crippen LogP contribution in [0.5, 0.6) is 5.75 Å². The zero-order valence-corrected chi connectivity index (χ0v) is 15.2. The van der Waals surface area contributed by atoms with Gasteiger partial charge in [0.1, 0.15) is 11.9 Å². The summed E-state index contributed by atoms with van der Waals surface area (Å²) in [6.45, 7) is 1.60. The molecule has 1 saturated heterocycles. The minimum atomic E-state index is -4.48. The number of hydrogen-bond donors (Lipinski definition) is 3. The van der Waals surface area contributed by atoms with Crippen molar-refractivity contribution in [3.05, 3.63) is 23.8 Å². The van der Waals surface area contributed by atoms with Crippen LogP contribution in [0.3, 0.4) is 0 Å². The molecule has 0 spiro atoms. The minimum Gasteiger partial charge on any atom is -0.488 e. The molecule has 3 rings (SSSR count). The predicted octanol–water partition coefficient (Wildman–Crippen LogP) is 4.29. The number of rotatable bonds is 4. The Morgan fingerprint density at radius 3 is 2.44 bits per heavy atom. The Morgan fingerprint density at radius 1 is 1.07 bits per heavy atom. The van der Waals surface area contributed by atoms with Crippen molar-refractivity contribution >= 4 is 11.7 Å². The van der Waals surface area contributed by atoms with Crippen molar-refractivity contribution in [2.45, 2.75) is 63.3 Å². The van der Waals surface area contributed by atoms with Crippen LogP contribution in [-0.4, -0.2) is 31.3 Å². The van der Waals surface area contributed by atoms with Crippen molar-refractivity contribution in [2.24, 2.45) is 0 Å². The number of nitrogens with one attached hydrogen (secondary N) is 3. The topological polar surface area (TPSA) is 62.4 Å². The Kier molecular flexibility index (Phi) is 6.46. The summed E-state index contributed by atoms with van der Waals surface area (Å²) >= 11 is 0. The maximum atomic E-state index is 13.1. The average molecular weight is 385 g/mol. The molecule has 0 unspecified atom stereocenters. The highest BCUT2D eigenvalue weighted by Crippen LogP contribution is 2.36. The van der Waals surface area contributed by atoms with Gasteiger partial charge in [-0.2, -0.15) is 13.2 Å². The molecule has 27 heavy (non-hydrogen) atoms. The number of benzene rings is 1. The van der Waals surface area contributed by atoms with E-state index in [0.29, 0.717) is 0 Å². The number of piperidine rings is 1. The largest absolute Gasteiger partial charge is 0.488 e. The number of alkyl halides is 3. The van der Waals surface area contributed by atoms with E-state index in [-0.39, 0.29) is 23.6 Å². The molecular weight excluding hydrogens is 359 g/mol. The normalized spacial score (nSPS) is 19.5. The molecule has 150 valence electrons. The third-order valence-corrected chi connectivity index (χ3v) is 5.08. The van der Waals surface area contributed by atoms with Gasteiger partial charge in [-0.1, -0.05) is 19.3 Å². The third kappa shape index (κ3) is 5.76. The number of anilines is 1. The first-order valence-electron chi connectivity index (χ1n) is 9.58. The third-order valence-electron chi connectivity index (χ3n) is 5.08. The van der Waals surface area contributed by atoms with E-state index in [2.05, 4.69) is 16.0 Å². The van der Waals surface area contributed by atoms with Crippen LogP contribution in [-0.2, 0) is 6.18 Å². The number of ether oxygens (including phenoxy) is 1. The van der Waals surface area contributed by atoms with Crippen LogP contribution in [0, 0.1) is 0 Å². The van der Waals surface area contributed by atoms with Crippen molar-refractivity contribution in [3.8, 4) is 5.75 Å². The number of hydrogen-bond acceptors (Lipinski definition) is 3. The Labute approximate surface area is 157 Å². The molecule has 5 nitrogen and oxygen atoms in total. The van der Waals surface area contributed by atoms with Crippen molar-refractivity contribution in [2.75, 3.05) is 18.4 Å². The summed E-state index contributed by atoms with van der Waals surface area (Å²) in [6.07, 6.45) is 2.04. The monoisotopic (exact) mass is 385 g/mol. The van der Waals surface area contributed by atoms with E-state index in [1.165, 1.54) is 6.07 Å². The second kappa shape index (κ2) is 8.82. The van der Waals surface area contributed by atoms with Crippen molar-refractivity contribution in [1.82, 2.24) is 10.6 Å². The predicted molar refractivity (Wildman–Crippen MR) is 97.0 cm³/mol. The quantitative estimate of drug-likeness (QED) is 0.725. The number of carbonyl (C=O) groups is 1. The molecule has 0 atom stereocenters. The molecule has 3 N–H and O–H groups in total. The molecule has 2 aliphatic rings. The van der Waals surface area contributed by atoms with Gasteiger partial charge in [0.25, 0.3) is 0 Å². The number of carbonyl (C=O) groups excluding carboxylic acids is 1. The summed E-state index contributed by atoms with van der Waals surface area (Å²) in [5.41, 5.74) is -0.759. The summed E-state index contributed by atoms with van der Waals surface area (Å²) in [5, 5.41) is 8.64. The Hall–Kier alpha value is -1.96. The molecule has 1 aromatic carbocycles. The first-order chi connectivity index (χ1) is 12.9. The lowest BCUT2D eigenvalue weighted by Crippen LogP contribution is -2.39. The second-order valence-electron chi connectivity index (χ2n) is 7.21. The van der Waals surface area contributed by atoms with Crippen LogP contribution < -0.4 is 20.7 Å². The molecule has 1 aromatic rings. The van der Waals surface area contributed by atoms with Gasteiger partial charge in [-0.15, -0.1) is 0 Å². The first-order valence-corrected chi connectivity index (χ1v) is 9.58. The molecule has 8 heteroatoms. The van der Waals surface area contributed by atoms with Gasteiger partial charge in [-0.05, 0) is 57.0 Å². The van der Waals surface area contributed by atoms with E-state index in [9.17, 15) is 18.0 Å². The lowest BCUT2D eigenvalue weighted by Gasteiger charge is -2.26. The van der Waals surface area contributed by atoms with Gasteiger partial charge in [0, 0.05) is 6.04 Å². The van der Waals surface area contributed by atoms with E-state index >= 15 is 0 Å². The fourth-order valence-electron chi connectivity index (χ4n) is 3.59. The SMILES string of the molecule is O=C(Nc1cc(C(F)(F)F)ccc1OC1CCNCC1)NC1CCCCC1. The van der Waals surface area contributed by atoms with Gasteiger partial charge in [-0.25, -0.2) is 4.79 Å². The molecule has 1 aliphatic heterocycles. The van der Waals surface area contributed by atoms with Gasteiger partial charge in [-0.3, -0.25) is 0 Å². The number of halogens is 3. The molecule has 2 amide bonds. The van der Waals surface area contributed by atoms with Gasteiger partial charge in [0.2, 0.25) is 0 Å². The van der Waals surface area contributed by atoms with Gasteiger partial charge in [0.15, 0.2) is 0 Å². The average Bonchev–Trinajstić information content (AvgIpc) is 2.64.